The van der Waals surface area contributed by atoms with Gasteiger partial charge in [0.2, 0.25) is 17.7 Å². The maximum absolute atomic E-state index is 12.9. The summed E-state index contributed by atoms with van der Waals surface area (Å²) in [6.45, 7) is 3.68. The van der Waals surface area contributed by atoms with Crippen molar-refractivity contribution in [1.29, 1.82) is 0 Å². The minimum absolute atomic E-state index is 0.0343. The van der Waals surface area contributed by atoms with E-state index < -0.39 is 0 Å². The number of piperidine rings is 1. The van der Waals surface area contributed by atoms with Crippen LogP contribution in [0.5, 0.6) is 0 Å². The molecule has 2 unspecified atom stereocenters. The van der Waals surface area contributed by atoms with Crippen LogP contribution in [-0.2, 0) is 14.4 Å². The van der Waals surface area contributed by atoms with Gasteiger partial charge in [-0.1, -0.05) is 30.3 Å². The first-order chi connectivity index (χ1) is 13.0. The van der Waals surface area contributed by atoms with Crippen LogP contribution in [0, 0.1) is 5.92 Å². The van der Waals surface area contributed by atoms with Gasteiger partial charge in [-0.2, -0.15) is 0 Å². The Labute approximate surface area is 164 Å². The number of hydrogen-bond donors (Lipinski definition) is 1. The summed E-state index contributed by atoms with van der Waals surface area (Å²) in [5.41, 5.74) is 1.08. The van der Waals surface area contributed by atoms with E-state index in [0.29, 0.717) is 19.6 Å². The Morgan fingerprint density at radius 2 is 1.89 bits per heavy atom. The third-order valence-electron chi connectivity index (χ3n) is 5.55. The average Bonchev–Trinajstić information content (AvgIpc) is 3.09. The molecule has 2 aliphatic rings. The average molecular weight is 392 g/mol. The number of nitrogens with zero attached hydrogens (tertiary/aromatic N) is 2. The summed E-state index contributed by atoms with van der Waals surface area (Å²) >= 11 is 5.52. The van der Waals surface area contributed by atoms with E-state index in [2.05, 4.69) is 5.32 Å². The van der Waals surface area contributed by atoms with Gasteiger partial charge < -0.3 is 15.1 Å². The summed E-state index contributed by atoms with van der Waals surface area (Å²) in [6.07, 6.45) is 1.72. The van der Waals surface area contributed by atoms with Crippen molar-refractivity contribution >= 4 is 29.3 Å². The highest BCUT2D eigenvalue weighted by Gasteiger charge is 2.39. The van der Waals surface area contributed by atoms with Crippen molar-refractivity contribution < 1.29 is 14.4 Å². The van der Waals surface area contributed by atoms with Crippen LogP contribution in [0.4, 0.5) is 0 Å². The van der Waals surface area contributed by atoms with Crippen molar-refractivity contribution in [3.8, 4) is 0 Å². The van der Waals surface area contributed by atoms with Gasteiger partial charge in [0.1, 0.15) is 5.88 Å². The molecule has 1 aromatic rings. The molecule has 7 heteroatoms. The number of amides is 3. The van der Waals surface area contributed by atoms with E-state index in [1.54, 1.807) is 0 Å². The summed E-state index contributed by atoms with van der Waals surface area (Å²) < 4.78 is 0. The molecule has 3 amide bonds. The summed E-state index contributed by atoms with van der Waals surface area (Å²) in [4.78, 5) is 40.4. The maximum Gasteiger partial charge on any atom is 0.235 e. The van der Waals surface area contributed by atoms with E-state index in [-0.39, 0.29) is 48.0 Å². The summed E-state index contributed by atoms with van der Waals surface area (Å²) in [7, 11) is 0. The Bertz CT molecular complexity index is 689. The van der Waals surface area contributed by atoms with Gasteiger partial charge in [-0.15, -0.1) is 11.6 Å². The topological polar surface area (TPSA) is 69.7 Å². The van der Waals surface area contributed by atoms with E-state index in [1.165, 1.54) is 0 Å². The Kier molecular flexibility index (Phi) is 6.37. The lowest BCUT2D eigenvalue weighted by molar-refractivity contribution is -0.137. The Hall–Kier alpha value is -2.08. The molecule has 2 aliphatic heterocycles. The fourth-order valence-electron chi connectivity index (χ4n) is 3.95. The predicted octanol–water partition coefficient (Wildman–Crippen LogP) is 1.94. The number of alkyl halides is 1. The molecule has 0 aliphatic carbocycles. The lowest BCUT2D eigenvalue weighted by Gasteiger charge is -2.34. The zero-order chi connectivity index (χ0) is 19.4. The third kappa shape index (κ3) is 4.61. The van der Waals surface area contributed by atoms with Crippen LogP contribution in [0.25, 0.3) is 0 Å². The summed E-state index contributed by atoms with van der Waals surface area (Å²) in [5.74, 6) is -0.410. The smallest absolute Gasteiger partial charge is 0.235 e. The summed E-state index contributed by atoms with van der Waals surface area (Å²) in [6, 6.07) is 9.92. The van der Waals surface area contributed by atoms with Gasteiger partial charge in [0.05, 0.1) is 12.0 Å². The monoisotopic (exact) mass is 391 g/mol. The molecule has 0 saturated carbocycles. The van der Waals surface area contributed by atoms with E-state index in [1.807, 2.05) is 47.1 Å². The quantitative estimate of drug-likeness (QED) is 0.780. The largest absolute Gasteiger partial charge is 0.352 e. The number of rotatable bonds is 5. The molecule has 2 fully saturated rings. The minimum Gasteiger partial charge on any atom is -0.352 e. The van der Waals surface area contributed by atoms with E-state index in [0.717, 1.165) is 18.4 Å². The second-order valence-electron chi connectivity index (χ2n) is 7.33. The number of carbonyl (C=O) groups excluding carboxylic acids is 3. The van der Waals surface area contributed by atoms with Crippen LogP contribution in [0.15, 0.2) is 30.3 Å². The van der Waals surface area contributed by atoms with Crippen LogP contribution >= 0.6 is 11.6 Å². The van der Waals surface area contributed by atoms with Gasteiger partial charge in [-0.3, -0.25) is 14.4 Å². The van der Waals surface area contributed by atoms with Gasteiger partial charge in [0, 0.05) is 32.1 Å². The predicted molar refractivity (Wildman–Crippen MR) is 103 cm³/mol. The molecule has 2 saturated heterocycles. The molecule has 0 radical (unpaired) electrons. The molecule has 146 valence electrons. The van der Waals surface area contributed by atoms with Crippen molar-refractivity contribution in [2.24, 2.45) is 5.92 Å². The Morgan fingerprint density at radius 1 is 1.22 bits per heavy atom. The number of hydrogen-bond acceptors (Lipinski definition) is 3. The SMILES string of the molecule is CC(c1ccccc1)N1CC(C(=O)N2CCC(NC(=O)CCl)CC2)CC1=O. The maximum atomic E-state index is 12.9. The molecule has 1 aromatic carbocycles. The van der Waals surface area contributed by atoms with Gasteiger partial charge in [0.25, 0.3) is 0 Å². The molecule has 1 N–H and O–H groups in total. The van der Waals surface area contributed by atoms with Crippen LogP contribution in [0.1, 0.15) is 37.8 Å². The number of likely N-dealkylation sites (tertiary alicyclic amines) is 2. The first-order valence-corrected chi connectivity index (χ1v) is 10.0. The lowest BCUT2D eigenvalue weighted by Crippen LogP contribution is -2.48. The highest BCUT2D eigenvalue weighted by molar-refractivity contribution is 6.27. The molecule has 2 heterocycles. The van der Waals surface area contributed by atoms with Crippen molar-refractivity contribution in [2.45, 2.75) is 38.3 Å². The van der Waals surface area contributed by atoms with Crippen LogP contribution in [0.2, 0.25) is 0 Å². The highest BCUT2D eigenvalue weighted by atomic mass is 35.5. The fourth-order valence-corrected chi connectivity index (χ4v) is 4.03. The minimum atomic E-state index is -0.280. The fraction of sp³-hybridized carbons (Fsp3) is 0.550. The van der Waals surface area contributed by atoms with Crippen molar-refractivity contribution in [1.82, 2.24) is 15.1 Å². The van der Waals surface area contributed by atoms with Gasteiger partial charge in [-0.05, 0) is 25.3 Å². The number of nitrogens with one attached hydrogen (secondary N) is 1. The standard InChI is InChI=1S/C20H26ClN3O3/c1-14(15-5-3-2-4-6-15)24-13-16(11-19(24)26)20(27)23-9-7-17(8-10-23)22-18(25)12-21/h2-6,14,16-17H,7-13H2,1H3,(H,22,25). The Balaban J connectivity index is 1.54. The highest BCUT2D eigenvalue weighted by Crippen LogP contribution is 2.30. The number of benzene rings is 1. The normalized spacial score (nSPS) is 22.0. The molecule has 3 rings (SSSR count). The number of carbonyl (C=O) groups is 3. The van der Waals surface area contributed by atoms with E-state index in [4.69, 9.17) is 11.6 Å². The molecule has 0 bridgehead atoms. The van der Waals surface area contributed by atoms with E-state index in [9.17, 15) is 14.4 Å². The van der Waals surface area contributed by atoms with Gasteiger partial charge >= 0.3 is 0 Å². The van der Waals surface area contributed by atoms with Crippen LogP contribution in [-0.4, -0.2) is 59.1 Å². The number of halogens is 1. The molecule has 0 spiro atoms. The van der Waals surface area contributed by atoms with E-state index >= 15 is 0 Å². The molecular formula is C20H26ClN3O3. The second-order valence-corrected chi connectivity index (χ2v) is 7.60. The molecule has 6 nitrogen and oxygen atoms in total. The molecule has 0 aromatic heterocycles. The second kappa shape index (κ2) is 8.74. The zero-order valence-corrected chi connectivity index (χ0v) is 16.3. The Morgan fingerprint density at radius 3 is 2.52 bits per heavy atom. The van der Waals surface area contributed by atoms with Crippen molar-refractivity contribution in [3.05, 3.63) is 35.9 Å². The first kappa shape index (κ1) is 19.7. The van der Waals surface area contributed by atoms with Crippen LogP contribution < -0.4 is 5.32 Å². The molecule has 27 heavy (non-hydrogen) atoms. The van der Waals surface area contributed by atoms with Gasteiger partial charge in [-0.25, -0.2) is 0 Å². The zero-order valence-electron chi connectivity index (χ0n) is 15.6. The molecular weight excluding hydrogens is 366 g/mol. The van der Waals surface area contributed by atoms with Gasteiger partial charge in [0.15, 0.2) is 0 Å². The van der Waals surface area contributed by atoms with Crippen molar-refractivity contribution in [3.63, 3.8) is 0 Å². The summed E-state index contributed by atoms with van der Waals surface area (Å²) in [5, 5.41) is 2.87. The van der Waals surface area contributed by atoms with Crippen molar-refractivity contribution in [2.75, 3.05) is 25.5 Å². The lowest BCUT2D eigenvalue weighted by atomic mass is 10.0. The molecule has 2 atom stereocenters. The first-order valence-electron chi connectivity index (χ1n) is 9.48. The third-order valence-corrected chi connectivity index (χ3v) is 5.79. The van der Waals surface area contributed by atoms with Crippen LogP contribution in [0.3, 0.4) is 0 Å².